The lowest BCUT2D eigenvalue weighted by molar-refractivity contribution is 0.0991. The molecule has 122 valence electrons. The number of thioether (sulfide) groups is 1. The molecule has 1 fully saturated rings. The Morgan fingerprint density at radius 1 is 1.41 bits per heavy atom. The first-order chi connectivity index (χ1) is 10.3. The predicted molar refractivity (Wildman–Crippen MR) is 86.6 cm³/mol. The van der Waals surface area contributed by atoms with Crippen LogP contribution in [0.1, 0.15) is 30.1 Å². The molecule has 2 N–H and O–H groups in total. The van der Waals surface area contributed by atoms with Crippen LogP contribution in [0.15, 0.2) is 9.59 Å². The Morgan fingerprint density at radius 2 is 2.09 bits per heavy atom. The lowest BCUT2D eigenvalue weighted by Crippen LogP contribution is -2.42. The van der Waals surface area contributed by atoms with E-state index in [-0.39, 0.29) is 23.3 Å². The number of aromatic nitrogens is 2. The number of nitrogens with zero attached hydrogens (tertiary/aromatic N) is 2. The number of hydrogen-bond donors (Lipinski definition) is 1. The molecule has 0 amide bonds. The van der Waals surface area contributed by atoms with Crippen molar-refractivity contribution in [3.63, 3.8) is 0 Å². The fourth-order valence-electron chi connectivity index (χ4n) is 2.40. The summed E-state index contributed by atoms with van der Waals surface area (Å²) in [7, 11) is 2.78. The third-order valence-corrected chi connectivity index (χ3v) is 5.16. The molecule has 0 aliphatic carbocycles. The van der Waals surface area contributed by atoms with Crippen LogP contribution in [0.2, 0.25) is 0 Å². The molecule has 1 saturated heterocycles. The third-order valence-electron chi connectivity index (χ3n) is 3.88. The maximum atomic E-state index is 12.5. The van der Waals surface area contributed by atoms with E-state index in [2.05, 4.69) is 0 Å². The van der Waals surface area contributed by atoms with Gasteiger partial charge >= 0.3 is 5.69 Å². The van der Waals surface area contributed by atoms with Gasteiger partial charge in [-0.05, 0) is 19.8 Å². The van der Waals surface area contributed by atoms with E-state index in [1.54, 1.807) is 6.92 Å². The average molecular weight is 327 g/mol. The van der Waals surface area contributed by atoms with Crippen molar-refractivity contribution < 1.29 is 9.53 Å². The molecule has 2 atom stereocenters. The van der Waals surface area contributed by atoms with Gasteiger partial charge in [0.05, 0.1) is 11.4 Å². The predicted octanol–water partition coefficient (Wildman–Crippen LogP) is 0.150. The molecule has 1 aliphatic heterocycles. The highest BCUT2D eigenvalue weighted by molar-refractivity contribution is 8.00. The van der Waals surface area contributed by atoms with Crippen molar-refractivity contribution in [2.75, 3.05) is 18.1 Å². The molecule has 2 heterocycles. The van der Waals surface area contributed by atoms with Gasteiger partial charge in [-0.15, -0.1) is 11.8 Å². The molecule has 0 unspecified atom stereocenters. The first-order valence-corrected chi connectivity index (χ1v) is 8.22. The van der Waals surface area contributed by atoms with E-state index in [0.29, 0.717) is 5.75 Å². The van der Waals surface area contributed by atoms with E-state index in [0.717, 1.165) is 28.6 Å². The van der Waals surface area contributed by atoms with Gasteiger partial charge in [-0.25, -0.2) is 4.79 Å². The molecule has 7 nitrogen and oxygen atoms in total. The number of ether oxygens (including phenoxy) is 1. The van der Waals surface area contributed by atoms with E-state index in [1.165, 1.54) is 25.9 Å². The van der Waals surface area contributed by atoms with Gasteiger partial charge < -0.3 is 10.5 Å². The Kier molecular flexibility index (Phi) is 5.12. The number of anilines is 1. The van der Waals surface area contributed by atoms with Gasteiger partial charge in [-0.2, -0.15) is 0 Å². The number of hydrogen-bond acceptors (Lipinski definition) is 6. The molecule has 0 saturated carbocycles. The van der Waals surface area contributed by atoms with Crippen LogP contribution < -0.4 is 17.0 Å². The smallest absolute Gasteiger partial charge is 0.332 e. The number of carbonyl (C=O) groups is 1. The Hall–Kier alpha value is -1.54. The average Bonchev–Trinajstić information content (AvgIpc) is 3.02. The lowest BCUT2D eigenvalue weighted by Gasteiger charge is -2.16. The van der Waals surface area contributed by atoms with Gasteiger partial charge in [-0.3, -0.25) is 18.7 Å². The van der Waals surface area contributed by atoms with Gasteiger partial charge in [-0.1, -0.05) is 0 Å². The van der Waals surface area contributed by atoms with Crippen LogP contribution >= 0.6 is 11.8 Å². The van der Waals surface area contributed by atoms with Crippen molar-refractivity contribution in [2.45, 2.75) is 31.1 Å². The molecule has 0 aromatic carbocycles. The molecule has 8 heteroatoms. The van der Waals surface area contributed by atoms with Crippen LogP contribution in [0, 0.1) is 0 Å². The molecule has 0 spiro atoms. The number of nitrogens with two attached hydrogens (primary N) is 1. The zero-order valence-corrected chi connectivity index (χ0v) is 13.8. The standard InChI is InChI=1S/C14H21N3O4S/c1-8(22-7-9-5-4-6-21-9)11(18)10-12(15)16(2)14(20)17(3)13(10)19/h8-9H,4-7,15H2,1-3H3/t8-,9-/m1/s1. The number of carbonyl (C=O) groups excluding carboxylic acids is 1. The van der Waals surface area contributed by atoms with Crippen LogP contribution in [0.3, 0.4) is 0 Å². The Bertz CT molecular complexity index is 689. The molecule has 2 rings (SSSR count). The first-order valence-electron chi connectivity index (χ1n) is 7.17. The van der Waals surface area contributed by atoms with E-state index in [9.17, 15) is 14.4 Å². The second kappa shape index (κ2) is 6.70. The lowest BCUT2D eigenvalue weighted by atomic mass is 10.1. The highest BCUT2D eigenvalue weighted by atomic mass is 32.2. The fraction of sp³-hybridized carbons (Fsp3) is 0.643. The maximum Gasteiger partial charge on any atom is 0.332 e. The van der Waals surface area contributed by atoms with Gasteiger partial charge in [0.2, 0.25) is 0 Å². The summed E-state index contributed by atoms with van der Waals surface area (Å²) in [6.45, 7) is 2.51. The second-order valence-electron chi connectivity index (χ2n) is 5.44. The topological polar surface area (TPSA) is 96.3 Å². The monoisotopic (exact) mass is 327 g/mol. The second-order valence-corrected chi connectivity index (χ2v) is 6.81. The van der Waals surface area contributed by atoms with Crippen molar-refractivity contribution >= 4 is 23.4 Å². The minimum absolute atomic E-state index is 0.0809. The van der Waals surface area contributed by atoms with Crippen molar-refractivity contribution in [1.82, 2.24) is 9.13 Å². The third kappa shape index (κ3) is 3.12. The molecule has 0 bridgehead atoms. The SMILES string of the molecule is C[C@@H](SC[C@H]1CCCO1)C(=O)c1c(N)n(C)c(=O)n(C)c1=O. The van der Waals surface area contributed by atoms with E-state index in [4.69, 9.17) is 10.5 Å². The minimum Gasteiger partial charge on any atom is -0.384 e. The van der Waals surface area contributed by atoms with E-state index in [1.807, 2.05) is 0 Å². The zero-order chi connectivity index (χ0) is 16.4. The van der Waals surface area contributed by atoms with Crippen molar-refractivity contribution in [3.8, 4) is 0 Å². The van der Waals surface area contributed by atoms with Crippen LogP contribution in [-0.4, -0.2) is 38.6 Å². The highest BCUT2D eigenvalue weighted by Crippen LogP contribution is 2.22. The molecular formula is C14H21N3O4S. The summed E-state index contributed by atoms with van der Waals surface area (Å²) in [5.74, 6) is 0.276. The van der Waals surface area contributed by atoms with E-state index >= 15 is 0 Å². The molecule has 1 aromatic heterocycles. The zero-order valence-electron chi connectivity index (χ0n) is 13.0. The van der Waals surface area contributed by atoms with Gasteiger partial charge in [0, 0.05) is 26.5 Å². The van der Waals surface area contributed by atoms with Crippen LogP contribution in [0.25, 0.3) is 0 Å². The van der Waals surface area contributed by atoms with Crippen molar-refractivity contribution in [2.24, 2.45) is 14.1 Å². The normalized spacial score (nSPS) is 19.3. The molecular weight excluding hydrogens is 306 g/mol. The Morgan fingerprint density at radius 3 is 2.68 bits per heavy atom. The number of ketones is 1. The Labute approximate surface area is 132 Å². The summed E-state index contributed by atoms with van der Waals surface area (Å²) in [4.78, 5) is 36.5. The maximum absolute atomic E-state index is 12.5. The first kappa shape index (κ1) is 16.8. The minimum atomic E-state index is -0.643. The quantitative estimate of drug-likeness (QED) is 0.773. The highest BCUT2D eigenvalue weighted by Gasteiger charge is 2.26. The van der Waals surface area contributed by atoms with Crippen LogP contribution in [0.4, 0.5) is 5.82 Å². The molecule has 22 heavy (non-hydrogen) atoms. The van der Waals surface area contributed by atoms with Crippen molar-refractivity contribution in [3.05, 3.63) is 26.4 Å². The summed E-state index contributed by atoms with van der Waals surface area (Å²) in [6, 6.07) is 0. The summed E-state index contributed by atoms with van der Waals surface area (Å²) in [5.41, 5.74) is 4.50. The number of rotatable bonds is 5. The van der Waals surface area contributed by atoms with Gasteiger partial charge in [0.1, 0.15) is 11.4 Å². The number of nitrogen functional groups attached to an aromatic ring is 1. The summed E-state index contributed by atoms with van der Waals surface area (Å²) in [6.07, 6.45) is 2.21. The van der Waals surface area contributed by atoms with Gasteiger partial charge in [0.15, 0.2) is 5.78 Å². The summed E-state index contributed by atoms with van der Waals surface area (Å²) < 4.78 is 7.54. The van der Waals surface area contributed by atoms with Crippen molar-refractivity contribution in [1.29, 1.82) is 0 Å². The fourth-order valence-corrected chi connectivity index (χ4v) is 3.43. The molecule has 0 radical (unpaired) electrons. The van der Waals surface area contributed by atoms with Crippen LogP contribution in [-0.2, 0) is 18.8 Å². The summed E-state index contributed by atoms with van der Waals surface area (Å²) in [5, 5.41) is -0.420. The summed E-state index contributed by atoms with van der Waals surface area (Å²) >= 11 is 1.44. The van der Waals surface area contributed by atoms with Crippen LogP contribution in [0.5, 0.6) is 0 Å². The van der Waals surface area contributed by atoms with E-state index < -0.39 is 16.5 Å². The van der Waals surface area contributed by atoms with Gasteiger partial charge in [0.25, 0.3) is 5.56 Å². The molecule has 1 aromatic rings. The number of Topliss-reactive ketones (excluding diaryl/α,β-unsaturated/α-hetero) is 1. The molecule has 1 aliphatic rings. The Balaban J connectivity index is 2.21. The largest absolute Gasteiger partial charge is 0.384 e.